The number of hydrogen-bond acceptors (Lipinski definition) is 2. The number of nitrogens with zero attached hydrogens (tertiary/aromatic N) is 2. The van der Waals surface area contributed by atoms with Gasteiger partial charge in [0, 0.05) is 5.01 Å². The van der Waals surface area contributed by atoms with E-state index in [1.165, 1.54) is 0 Å². The number of aryl methyl sites for hydroxylation is 1. The van der Waals surface area contributed by atoms with E-state index >= 15 is 0 Å². The molecule has 0 spiro atoms. The quantitative estimate of drug-likeness (QED) is 0.585. The van der Waals surface area contributed by atoms with Gasteiger partial charge in [-0.3, -0.25) is 0 Å². The Bertz CT molecular complexity index is 473. The largest absolute Gasteiger partial charge is 0.498 e. The molecular formula is C11H10N2O. The van der Waals surface area contributed by atoms with E-state index in [1.807, 2.05) is 13.8 Å². The topological polar surface area (TPSA) is 51.2 Å². The molecule has 0 amide bonds. The molecular weight excluding hydrogens is 176 g/mol. The normalized spacial score (nSPS) is 8.71. The predicted molar refractivity (Wildman–Crippen MR) is 55.1 cm³/mol. The van der Waals surface area contributed by atoms with E-state index in [1.54, 1.807) is 13.0 Å². The SMILES string of the molecule is Cc1cc(C#N)c(C)c(C#[N+][O-])c1C. The van der Waals surface area contributed by atoms with Gasteiger partial charge in [-0.2, -0.15) is 5.26 Å². The minimum Gasteiger partial charge on any atom is -0.498 e. The zero-order valence-electron chi connectivity index (χ0n) is 8.38. The second-order valence-electron chi connectivity index (χ2n) is 3.18. The smallest absolute Gasteiger partial charge is 0.337 e. The van der Waals surface area contributed by atoms with Crippen molar-refractivity contribution in [2.45, 2.75) is 20.8 Å². The van der Waals surface area contributed by atoms with Crippen molar-refractivity contribution in [2.75, 3.05) is 0 Å². The Balaban J connectivity index is 3.60. The summed E-state index contributed by atoms with van der Waals surface area (Å²) in [4.78, 5) is 0. The first-order valence-corrected chi connectivity index (χ1v) is 4.21. The van der Waals surface area contributed by atoms with Crippen LogP contribution in [0.15, 0.2) is 6.07 Å². The summed E-state index contributed by atoms with van der Waals surface area (Å²) in [5.41, 5.74) is 3.88. The zero-order chi connectivity index (χ0) is 10.7. The van der Waals surface area contributed by atoms with Crippen molar-refractivity contribution in [3.05, 3.63) is 44.1 Å². The van der Waals surface area contributed by atoms with Crippen LogP contribution in [0.1, 0.15) is 27.8 Å². The highest BCUT2D eigenvalue weighted by Crippen LogP contribution is 2.20. The first-order valence-electron chi connectivity index (χ1n) is 4.21. The third-order valence-corrected chi connectivity index (χ3v) is 2.38. The molecule has 0 saturated heterocycles. The fraction of sp³-hybridized carbons (Fsp3) is 0.273. The Labute approximate surface area is 83.0 Å². The summed E-state index contributed by atoms with van der Waals surface area (Å²) in [6.07, 6.45) is 0. The second-order valence-corrected chi connectivity index (χ2v) is 3.18. The van der Waals surface area contributed by atoms with E-state index < -0.39 is 0 Å². The van der Waals surface area contributed by atoms with Gasteiger partial charge >= 0.3 is 6.07 Å². The highest BCUT2D eigenvalue weighted by Gasteiger charge is 2.12. The van der Waals surface area contributed by atoms with E-state index in [0.717, 1.165) is 16.7 Å². The van der Waals surface area contributed by atoms with Crippen molar-refractivity contribution >= 4 is 0 Å². The molecule has 0 aliphatic heterocycles. The predicted octanol–water partition coefficient (Wildman–Crippen LogP) is 2.66. The van der Waals surface area contributed by atoms with Gasteiger partial charge in [0.25, 0.3) is 0 Å². The molecule has 1 aromatic carbocycles. The third-order valence-electron chi connectivity index (χ3n) is 2.38. The van der Waals surface area contributed by atoms with E-state index in [4.69, 9.17) is 5.26 Å². The average Bonchev–Trinajstić information content (AvgIpc) is 2.18. The van der Waals surface area contributed by atoms with Gasteiger partial charge in [0.05, 0.1) is 11.6 Å². The molecule has 0 N–H and O–H groups in total. The summed E-state index contributed by atoms with van der Waals surface area (Å²) in [7, 11) is 0. The zero-order valence-corrected chi connectivity index (χ0v) is 8.38. The van der Waals surface area contributed by atoms with Crippen molar-refractivity contribution < 1.29 is 0 Å². The van der Waals surface area contributed by atoms with Gasteiger partial charge < -0.3 is 5.21 Å². The van der Waals surface area contributed by atoms with E-state index in [-0.39, 0.29) is 0 Å². The number of hydrogen-bond donors (Lipinski definition) is 0. The Morgan fingerprint density at radius 2 is 1.93 bits per heavy atom. The van der Waals surface area contributed by atoms with E-state index in [2.05, 4.69) is 17.1 Å². The number of nitriles is 1. The molecule has 0 bridgehead atoms. The number of rotatable bonds is 0. The lowest BCUT2D eigenvalue weighted by atomic mass is 9.95. The van der Waals surface area contributed by atoms with Crippen LogP contribution in [0.5, 0.6) is 0 Å². The molecule has 14 heavy (non-hydrogen) atoms. The monoisotopic (exact) mass is 186 g/mol. The van der Waals surface area contributed by atoms with Gasteiger partial charge in [0.2, 0.25) is 0 Å². The van der Waals surface area contributed by atoms with Crippen LogP contribution in [0.3, 0.4) is 0 Å². The van der Waals surface area contributed by atoms with Gasteiger partial charge in [0.1, 0.15) is 5.56 Å². The Morgan fingerprint density at radius 1 is 1.29 bits per heavy atom. The molecule has 0 heterocycles. The Hall–Kier alpha value is -2.00. The summed E-state index contributed by atoms with van der Waals surface area (Å²) in [6, 6.07) is 6.26. The lowest BCUT2D eigenvalue weighted by molar-refractivity contribution is 1.25. The highest BCUT2D eigenvalue weighted by molar-refractivity contribution is 5.55. The van der Waals surface area contributed by atoms with Crippen LogP contribution in [-0.2, 0) is 0 Å². The second kappa shape index (κ2) is 3.81. The summed E-state index contributed by atoms with van der Waals surface area (Å²) in [5.74, 6) is 0. The maximum atomic E-state index is 10.1. The third kappa shape index (κ3) is 1.53. The maximum Gasteiger partial charge on any atom is 0.337 e. The Morgan fingerprint density at radius 3 is 2.43 bits per heavy atom. The van der Waals surface area contributed by atoms with Gasteiger partial charge in [-0.1, -0.05) is 0 Å². The molecule has 0 atom stereocenters. The minimum atomic E-state index is 0.569. The van der Waals surface area contributed by atoms with Crippen molar-refractivity contribution in [1.82, 2.24) is 0 Å². The van der Waals surface area contributed by atoms with E-state index in [0.29, 0.717) is 11.1 Å². The molecule has 0 aromatic heterocycles. The molecule has 1 rings (SSSR count). The molecule has 70 valence electrons. The summed E-state index contributed by atoms with van der Waals surface area (Å²) in [6.45, 7) is 5.57. The van der Waals surface area contributed by atoms with Crippen molar-refractivity contribution in [1.29, 1.82) is 5.26 Å². The standard InChI is InChI=1S/C11H10N2O/c1-7-4-10(5-12)9(3)11(6-13-14)8(7)2/h4H,1-3H3. The molecule has 0 aliphatic rings. The van der Waals surface area contributed by atoms with Crippen molar-refractivity contribution in [3.63, 3.8) is 0 Å². The first kappa shape index (κ1) is 10.1. The Kier molecular flexibility index (Phi) is 2.74. The maximum absolute atomic E-state index is 10.1. The van der Waals surface area contributed by atoms with Gasteiger partial charge in [0.15, 0.2) is 0 Å². The first-order chi connectivity index (χ1) is 6.61. The molecule has 0 aliphatic carbocycles. The average molecular weight is 186 g/mol. The molecule has 0 fully saturated rings. The van der Waals surface area contributed by atoms with Crippen LogP contribution < -0.4 is 0 Å². The van der Waals surface area contributed by atoms with Crippen LogP contribution in [-0.4, -0.2) is 0 Å². The van der Waals surface area contributed by atoms with Crippen LogP contribution in [0.25, 0.3) is 5.01 Å². The van der Waals surface area contributed by atoms with Crippen molar-refractivity contribution in [3.8, 4) is 12.1 Å². The lowest BCUT2D eigenvalue weighted by Gasteiger charge is -2.05. The van der Waals surface area contributed by atoms with Crippen molar-refractivity contribution in [2.24, 2.45) is 0 Å². The van der Waals surface area contributed by atoms with Gasteiger partial charge in [-0.05, 0) is 43.5 Å². The van der Waals surface area contributed by atoms with Crippen LogP contribution in [0, 0.1) is 43.4 Å². The van der Waals surface area contributed by atoms with Crippen LogP contribution >= 0.6 is 0 Å². The number of benzene rings is 1. The summed E-state index contributed by atoms with van der Waals surface area (Å²) < 4.78 is 0. The molecule has 0 saturated carbocycles. The van der Waals surface area contributed by atoms with Gasteiger partial charge in [-0.15, -0.1) is 0 Å². The molecule has 0 radical (unpaired) electrons. The van der Waals surface area contributed by atoms with Gasteiger partial charge in [-0.25, -0.2) is 0 Å². The minimum absolute atomic E-state index is 0.569. The fourth-order valence-electron chi connectivity index (χ4n) is 1.38. The fourth-order valence-corrected chi connectivity index (χ4v) is 1.38. The molecule has 3 nitrogen and oxygen atoms in total. The summed E-state index contributed by atoms with van der Waals surface area (Å²) in [5, 5.41) is 21.6. The summed E-state index contributed by atoms with van der Waals surface area (Å²) >= 11 is 0. The van der Waals surface area contributed by atoms with E-state index in [9.17, 15) is 5.21 Å². The highest BCUT2D eigenvalue weighted by atomic mass is 16.4. The molecule has 3 heteroatoms. The molecule has 1 aromatic rings. The van der Waals surface area contributed by atoms with Crippen LogP contribution in [0.2, 0.25) is 0 Å². The van der Waals surface area contributed by atoms with Crippen LogP contribution in [0.4, 0.5) is 0 Å². The molecule has 0 unspecified atom stereocenters. The lowest BCUT2D eigenvalue weighted by Crippen LogP contribution is -1.95.